The molecule has 2 heterocycles. The van der Waals surface area contributed by atoms with Crippen LogP contribution in [0.4, 0.5) is 11.4 Å². The first-order chi connectivity index (χ1) is 15.8. The largest absolute Gasteiger partial charge is 0.455 e. The molecule has 8 heteroatoms. The highest BCUT2D eigenvalue weighted by molar-refractivity contribution is 6.14. The molecular weight excluding hydrogens is 422 g/mol. The number of amides is 3. The zero-order valence-corrected chi connectivity index (χ0v) is 18.7. The second-order valence-corrected chi connectivity index (χ2v) is 8.84. The molecule has 1 N–H and O–H groups in total. The van der Waals surface area contributed by atoms with E-state index in [1.54, 1.807) is 43.0 Å². The molecule has 2 aliphatic rings. The Bertz CT molecular complexity index is 1080. The Labute approximate surface area is 192 Å². The predicted molar refractivity (Wildman–Crippen MR) is 122 cm³/mol. The van der Waals surface area contributed by atoms with E-state index in [2.05, 4.69) is 5.32 Å². The van der Waals surface area contributed by atoms with Crippen LogP contribution < -0.4 is 10.2 Å². The molecule has 1 atom stereocenters. The monoisotopic (exact) mass is 449 g/mol. The van der Waals surface area contributed by atoms with Crippen LogP contribution in [-0.2, 0) is 30.3 Å². The van der Waals surface area contributed by atoms with Crippen LogP contribution in [0.2, 0.25) is 0 Å². The highest BCUT2D eigenvalue weighted by Crippen LogP contribution is 2.36. The molecule has 3 amide bonds. The molecular formula is C25H27N3O5. The first kappa shape index (κ1) is 22.5. The summed E-state index contributed by atoms with van der Waals surface area (Å²) in [6.45, 7) is 3.58. The van der Waals surface area contributed by atoms with E-state index < -0.39 is 29.9 Å². The average Bonchev–Trinajstić information content (AvgIpc) is 3.18. The maximum Gasteiger partial charge on any atom is 0.311 e. The summed E-state index contributed by atoms with van der Waals surface area (Å²) in [4.78, 5) is 53.5. The molecule has 0 bridgehead atoms. The summed E-state index contributed by atoms with van der Waals surface area (Å²) in [7, 11) is 0. The number of ether oxygens (including phenoxy) is 1. The van der Waals surface area contributed by atoms with Gasteiger partial charge in [0.15, 0.2) is 6.61 Å². The summed E-state index contributed by atoms with van der Waals surface area (Å²) in [5.74, 6) is -2.10. The Balaban J connectivity index is 1.35. The molecule has 2 aromatic carbocycles. The van der Waals surface area contributed by atoms with Crippen molar-refractivity contribution in [3.8, 4) is 0 Å². The number of likely N-dealkylation sites (tertiary alicyclic amines) is 1. The highest BCUT2D eigenvalue weighted by atomic mass is 16.5. The lowest BCUT2D eigenvalue weighted by atomic mass is 9.96. The summed E-state index contributed by atoms with van der Waals surface area (Å²) >= 11 is 0. The lowest BCUT2D eigenvalue weighted by Gasteiger charge is -2.41. The number of benzene rings is 2. The van der Waals surface area contributed by atoms with Gasteiger partial charge in [0.05, 0.1) is 17.3 Å². The SMILES string of the molecule is CC1(C)C(=O)Nc2ccccc2N1C(=O)COC(=O)[C@H]1CC(=O)N(CCc2ccccc2)C1. The highest BCUT2D eigenvalue weighted by Gasteiger charge is 2.44. The molecule has 0 radical (unpaired) electrons. The van der Waals surface area contributed by atoms with E-state index in [0.717, 1.165) is 5.56 Å². The van der Waals surface area contributed by atoms with Crippen molar-refractivity contribution < 1.29 is 23.9 Å². The third-order valence-electron chi connectivity index (χ3n) is 6.16. The number of carbonyl (C=O) groups excluding carboxylic acids is 4. The molecule has 0 unspecified atom stereocenters. The second-order valence-electron chi connectivity index (χ2n) is 8.84. The molecule has 0 aliphatic carbocycles. The minimum Gasteiger partial charge on any atom is -0.455 e. The van der Waals surface area contributed by atoms with Gasteiger partial charge in [0.25, 0.3) is 5.91 Å². The van der Waals surface area contributed by atoms with E-state index in [-0.39, 0.29) is 24.8 Å². The third-order valence-corrected chi connectivity index (χ3v) is 6.16. The standard InChI is InChI=1S/C25H27N3O5/c1-25(2)24(32)26-19-10-6-7-11-20(19)28(25)22(30)16-33-23(31)18-14-21(29)27(15-18)13-12-17-8-4-3-5-9-17/h3-11,18H,12-16H2,1-2H3,(H,26,32)/t18-/m0/s1. The molecule has 0 saturated carbocycles. The Morgan fingerprint density at radius 3 is 2.52 bits per heavy atom. The van der Waals surface area contributed by atoms with E-state index in [1.807, 2.05) is 30.3 Å². The maximum absolute atomic E-state index is 13.0. The van der Waals surface area contributed by atoms with Crippen LogP contribution in [0.5, 0.6) is 0 Å². The maximum atomic E-state index is 13.0. The molecule has 1 fully saturated rings. The van der Waals surface area contributed by atoms with Gasteiger partial charge in [-0.25, -0.2) is 0 Å². The Kier molecular flexibility index (Phi) is 6.18. The van der Waals surface area contributed by atoms with E-state index in [4.69, 9.17) is 4.74 Å². The minimum atomic E-state index is -1.14. The van der Waals surface area contributed by atoms with Gasteiger partial charge in [0, 0.05) is 19.5 Å². The lowest BCUT2D eigenvalue weighted by molar-refractivity contribution is -0.152. The number of nitrogens with zero attached hydrogens (tertiary/aromatic N) is 2. The number of anilines is 2. The van der Waals surface area contributed by atoms with Gasteiger partial charge in [0.2, 0.25) is 11.8 Å². The van der Waals surface area contributed by atoms with E-state index >= 15 is 0 Å². The van der Waals surface area contributed by atoms with Gasteiger partial charge in [-0.15, -0.1) is 0 Å². The van der Waals surface area contributed by atoms with Crippen molar-refractivity contribution in [2.24, 2.45) is 5.92 Å². The molecule has 33 heavy (non-hydrogen) atoms. The van der Waals surface area contributed by atoms with Crippen molar-refractivity contribution in [2.45, 2.75) is 32.2 Å². The molecule has 2 aliphatic heterocycles. The van der Waals surface area contributed by atoms with Crippen LogP contribution in [-0.4, -0.2) is 53.8 Å². The van der Waals surface area contributed by atoms with Crippen LogP contribution in [0.15, 0.2) is 54.6 Å². The van der Waals surface area contributed by atoms with Gasteiger partial charge in [-0.05, 0) is 38.0 Å². The lowest BCUT2D eigenvalue weighted by Crippen LogP contribution is -2.59. The summed E-state index contributed by atoms with van der Waals surface area (Å²) in [5, 5.41) is 2.79. The van der Waals surface area contributed by atoms with Gasteiger partial charge in [-0.2, -0.15) is 0 Å². The number of fused-ring (bicyclic) bond motifs is 1. The van der Waals surface area contributed by atoms with Crippen molar-refractivity contribution in [3.63, 3.8) is 0 Å². The topological polar surface area (TPSA) is 96.0 Å². The van der Waals surface area contributed by atoms with Crippen LogP contribution in [0.3, 0.4) is 0 Å². The van der Waals surface area contributed by atoms with Crippen LogP contribution in [0.25, 0.3) is 0 Å². The van der Waals surface area contributed by atoms with E-state index in [1.165, 1.54) is 4.90 Å². The summed E-state index contributed by atoms with van der Waals surface area (Å²) < 4.78 is 5.30. The Morgan fingerprint density at radius 1 is 1.06 bits per heavy atom. The summed E-state index contributed by atoms with van der Waals surface area (Å²) in [6.07, 6.45) is 0.778. The number of hydrogen-bond donors (Lipinski definition) is 1. The number of nitrogens with one attached hydrogen (secondary N) is 1. The fourth-order valence-electron chi connectivity index (χ4n) is 4.27. The second kappa shape index (κ2) is 9.05. The minimum absolute atomic E-state index is 0.0717. The van der Waals surface area contributed by atoms with Gasteiger partial charge >= 0.3 is 5.97 Å². The van der Waals surface area contributed by atoms with Crippen LogP contribution in [0.1, 0.15) is 25.8 Å². The normalized spacial score (nSPS) is 19.2. The first-order valence-electron chi connectivity index (χ1n) is 11.0. The molecule has 4 rings (SSSR count). The van der Waals surface area contributed by atoms with Crippen molar-refractivity contribution in [2.75, 3.05) is 29.9 Å². The Hall–Kier alpha value is -3.68. The smallest absolute Gasteiger partial charge is 0.311 e. The van der Waals surface area contributed by atoms with Gasteiger partial charge < -0.3 is 15.0 Å². The van der Waals surface area contributed by atoms with Crippen molar-refractivity contribution >= 4 is 35.1 Å². The number of hydrogen-bond acceptors (Lipinski definition) is 5. The molecule has 0 aromatic heterocycles. The molecule has 8 nitrogen and oxygen atoms in total. The zero-order valence-electron chi connectivity index (χ0n) is 18.7. The van der Waals surface area contributed by atoms with E-state index in [9.17, 15) is 19.2 Å². The predicted octanol–water partition coefficient (Wildman–Crippen LogP) is 2.38. The molecule has 2 aromatic rings. The molecule has 172 valence electrons. The zero-order chi connectivity index (χ0) is 23.6. The Morgan fingerprint density at radius 2 is 1.76 bits per heavy atom. The summed E-state index contributed by atoms with van der Waals surface area (Å²) in [6, 6.07) is 16.8. The fourth-order valence-corrected chi connectivity index (χ4v) is 4.27. The van der Waals surface area contributed by atoms with Crippen molar-refractivity contribution in [1.82, 2.24) is 4.90 Å². The van der Waals surface area contributed by atoms with Gasteiger partial charge in [-0.1, -0.05) is 42.5 Å². The third kappa shape index (κ3) is 4.60. The molecule has 1 saturated heterocycles. The van der Waals surface area contributed by atoms with Gasteiger partial charge in [0.1, 0.15) is 5.54 Å². The van der Waals surface area contributed by atoms with E-state index in [0.29, 0.717) is 24.3 Å². The number of esters is 1. The molecule has 0 spiro atoms. The first-order valence-corrected chi connectivity index (χ1v) is 11.0. The number of rotatable bonds is 6. The van der Waals surface area contributed by atoms with Gasteiger partial charge in [-0.3, -0.25) is 24.1 Å². The van der Waals surface area contributed by atoms with Crippen LogP contribution in [0, 0.1) is 5.92 Å². The van der Waals surface area contributed by atoms with Crippen molar-refractivity contribution in [3.05, 3.63) is 60.2 Å². The number of carbonyl (C=O) groups is 4. The summed E-state index contributed by atoms with van der Waals surface area (Å²) in [5.41, 5.74) is 1.05. The number of para-hydroxylation sites is 2. The van der Waals surface area contributed by atoms with Crippen molar-refractivity contribution in [1.29, 1.82) is 0 Å². The fraction of sp³-hybridized carbons (Fsp3) is 0.360. The van der Waals surface area contributed by atoms with Crippen LogP contribution >= 0.6 is 0 Å². The quantitative estimate of drug-likeness (QED) is 0.683. The average molecular weight is 450 g/mol.